The van der Waals surface area contributed by atoms with Crippen LogP contribution < -0.4 is 25.5 Å². The van der Waals surface area contributed by atoms with Gasteiger partial charge in [-0.3, -0.25) is 0 Å². The quantitative estimate of drug-likeness (QED) is 0.166. The summed E-state index contributed by atoms with van der Waals surface area (Å²) in [5.74, 6) is 0.477. The number of fused-ring (bicyclic) bond motifs is 16. The Kier molecular flexibility index (Phi) is 6.56. The van der Waals surface area contributed by atoms with Gasteiger partial charge in [0, 0.05) is 43.3 Å². The highest BCUT2D eigenvalue weighted by Crippen LogP contribution is 2.64. The van der Waals surface area contributed by atoms with Crippen LogP contribution in [0, 0.1) is 0 Å². The van der Waals surface area contributed by atoms with Gasteiger partial charge in [-0.25, -0.2) is 0 Å². The molecule has 0 unspecified atom stereocenters. The number of hydrogen-bond acceptors (Lipinski definition) is 3. The van der Waals surface area contributed by atoms with E-state index in [-0.39, 0.29) is 12.1 Å². The van der Waals surface area contributed by atoms with Gasteiger partial charge in [-0.1, -0.05) is 141 Å². The average molecular weight is 757 g/mol. The van der Waals surface area contributed by atoms with Crippen molar-refractivity contribution in [2.45, 2.75) is 25.2 Å². The monoisotopic (exact) mass is 756 g/mol. The van der Waals surface area contributed by atoms with Crippen molar-refractivity contribution in [3.63, 3.8) is 0 Å². The van der Waals surface area contributed by atoms with E-state index in [0.29, 0.717) is 5.92 Å². The largest absolute Gasteiger partial charge is 0.311 e. The highest BCUT2D eigenvalue weighted by molar-refractivity contribution is 7.33. The van der Waals surface area contributed by atoms with Crippen molar-refractivity contribution < 1.29 is 0 Å². The number of anilines is 6. The first-order valence-corrected chi connectivity index (χ1v) is 21.3. The van der Waals surface area contributed by atoms with Gasteiger partial charge in [-0.2, -0.15) is 0 Å². The van der Waals surface area contributed by atoms with Gasteiger partial charge in [-0.05, 0) is 122 Å². The number of benzene rings is 8. The van der Waals surface area contributed by atoms with Crippen molar-refractivity contribution in [1.29, 1.82) is 0 Å². The molecule has 272 valence electrons. The molecule has 2 aliphatic carbocycles. The van der Waals surface area contributed by atoms with Gasteiger partial charge in [0.25, 0.3) is 6.71 Å². The first-order chi connectivity index (χ1) is 28.6. The van der Waals surface area contributed by atoms with Crippen LogP contribution in [0.4, 0.5) is 34.1 Å². The molecule has 4 aliphatic rings. The van der Waals surface area contributed by atoms with E-state index in [2.05, 4.69) is 206 Å². The minimum Gasteiger partial charge on any atom is -0.311 e. The van der Waals surface area contributed by atoms with E-state index in [1.807, 2.05) is 11.3 Å². The maximum Gasteiger partial charge on any atom is 0.264 e. The summed E-state index contributed by atoms with van der Waals surface area (Å²) in [6, 6.07) is 68.9. The molecule has 2 nitrogen and oxygen atoms in total. The van der Waals surface area contributed by atoms with E-state index in [4.69, 9.17) is 0 Å². The highest BCUT2D eigenvalue weighted by atomic mass is 32.1. The van der Waals surface area contributed by atoms with Crippen LogP contribution in [-0.4, -0.2) is 6.71 Å². The van der Waals surface area contributed by atoms with E-state index < -0.39 is 0 Å². The van der Waals surface area contributed by atoms with Crippen LogP contribution in [0.2, 0.25) is 0 Å². The smallest absolute Gasteiger partial charge is 0.264 e. The Morgan fingerprint density at radius 3 is 1.71 bits per heavy atom. The Balaban J connectivity index is 1.11. The lowest BCUT2D eigenvalue weighted by molar-refractivity contribution is 0.795. The van der Waals surface area contributed by atoms with E-state index in [1.165, 1.54) is 110 Å². The van der Waals surface area contributed by atoms with Crippen molar-refractivity contribution in [2.75, 3.05) is 9.80 Å². The summed E-state index contributed by atoms with van der Waals surface area (Å²) >= 11 is 1.99. The Hall–Kier alpha value is -6.62. The van der Waals surface area contributed by atoms with E-state index in [9.17, 15) is 0 Å². The number of thiophene rings is 1. The lowest BCUT2D eigenvalue weighted by Gasteiger charge is -2.43. The molecule has 8 aromatic carbocycles. The summed E-state index contributed by atoms with van der Waals surface area (Å²) in [5.41, 5.74) is 22.0. The third-order valence-corrected chi connectivity index (χ3v) is 14.6. The second kappa shape index (κ2) is 11.7. The first-order valence-electron chi connectivity index (χ1n) is 20.5. The van der Waals surface area contributed by atoms with Gasteiger partial charge < -0.3 is 9.80 Å². The normalized spacial score (nSPS) is 14.6. The molecule has 9 aromatic rings. The van der Waals surface area contributed by atoms with Crippen LogP contribution in [0.5, 0.6) is 0 Å². The average Bonchev–Trinajstić information content (AvgIpc) is 3.89. The van der Waals surface area contributed by atoms with Crippen molar-refractivity contribution in [1.82, 2.24) is 0 Å². The lowest BCUT2D eigenvalue weighted by atomic mass is 9.36. The molecule has 58 heavy (non-hydrogen) atoms. The van der Waals surface area contributed by atoms with Crippen LogP contribution in [0.1, 0.15) is 47.6 Å². The summed E-state index contributed by atoms with van der Waals surface area (Å²) < 4.78 is 2.73. The maximum absolute atomic E-state index is 2.58. The van der Waals surface area contributed by atoms with E-state index in [1.54, 1.807) is 0 Å². The molecule has 0 bridgehead atoms. The fraction of sp³-hybridized carbons (Fsp3) is 0.0741. The van der Waals surface area contributed by atoms with Crippen molar-refractivity contribution in [3.8, 4) is 22.3 Å². The second-order valence-corrected chi connectivity index (χ2v) is 17.6. The minimum atomic E-state index is -0.379. The molecule has 0 N–H and O–H groups in total. The zero-order chi connectivity index (χ0) is 38.3. The molecule has 3 heterocycles. The molecule has 4 heteroatoms. The lowest BCUT2D eigenvalue weighted by Crippen LogP contribution is -2.60. The molecule has 1 aromatic heterocycles. The molecule has 0 fully saturated rings. The maximum atomic E-state index is 2.58. The molecule has 0 radical (unpaired) electrons. The molecule has 2 aliphatic heterocycles. The highest BCUT2D eigenvalue weighted by Gasteiger charge is 2.52. The van der Waals surface area contributed by atoms with Crippen molar-refractivity contribution >= 4 is 78.0 Å². The Labute approximate surface area is 343 Å². The van der Waals surface area contributed by atoms with Crippen LogP contribution in [0.3, 0.4) is 0 Å². The number of rotatable bonds is 3. The van der Waals surface area contributed by atoms with E-state index >= 15 is 0 Å². The molecular weight excluding hydrogens is 719 g/mol. The minimum absolute atomic E-state index is 0.0879. The van der Waals surface area contributed by atoms with Gasteiger partial charge in [0.2, 0.25) is 0 Å². The third kappa shape index (κ3) is 4.03. The predicted molar refractivity (Wildman–Crippen MR) is 246 cm³/mol. The molecule has 1 spiro atoms. The third-order valence-electron chi connectivity index (χ3n) is 13.4. The van der Waals surface area contributed by atoms with Gasteiger partial charge in [-0.15, -0.1) is 11.3 Å². The predicted octanol–water partition coefficient (Wildman–Crippen LogP) is 12.5. The standard InChI is InChI=1S/C54H37BN2S/c1-33(2)34-27-29-36(30-28-34)56-47-24-13-12-23-46(47)55-51-48(56)25-14-26-49(51)57(35-15-4-3-5-16-35)52-41-31-40-39-19-8-11-22-44(39)54(45(40)32-50(41)58-53(52)55)42-20-9-6-17-37(42)38-18-7-10-21-43(38)54/h3-33H,1-2H3. The summed E-state index contributed by atoms with van der Waals surface area (Å²) in [6.45, 7) is 4.62. The fourth-order valence-corrected chi connectivity index (χ4v) is 12.4. The summed E-state index contributed by atoms with van der Waals surface area (Å²) in [6.07, 6.45) is 0. The Morgan fingerprint density at radius 2 is 1.03 bits per heavy atom. The van der Waals surface area contributed by atoms with Crippen molar-refractivity contribution in [2.24, 2.45) is 0 Å². The van der Waals surface area contributed by atoms with Gasteiger partial charge in [0.05, 0.1) is 11.1 Å². The fourth-order valence-electron chi connectivity index (χ4n) is 11.1. The van der Waals surface area contributed by atoms with E-state index in [0.717, 1.165) is 0 Å². The molecular formula is C54H37BN2S. The van der Waals surface area contributed by atoms with Gasteiger partial charge in [0.1, 0.15) is 0 Å². The van der Waals surface area contributed by atoms with Crippen LogP contribution >= 0.6 is 11.3 Å². The molecule has 0 amide bonds. The molecule has 0 saturated heterocycles. The van der Waals surface area contributed by atoms with Crippen LogP contribution in [-0.2, 0) is 5.41 Å². The van der Waals surface area contributed by atoms with Crippen molar-refractivity contribution in [3.05, 3.63) is 210 Å². The number of para-hydroxylation sites is 2. The zero-order valence-corrected chi connectivity index (χ0v) is 33.1. The molecule has 13 rings (SSSR count). The summed E-state index contributed by atoms with van der Waals surface area (Å²) in [5, 5.41) is 1.31. The van der Waals surface area contributed by atoms with Crippen LogP contribution in [0.25, 0.3) is 32.3 Å². The molecule has 0 atom stereocenters. The number of nitrogens with zero attached hydrogens (tertiary/aromatic N) is 2. The first kappa shape index (κ1) is 32.5. The number of hydrogen-bond donors (Lipinski definition) is 0. The van der Waals surface area contributed by atoms with Crippen LogP contribution in [0.15, 0.2) is 182 Å². The SMILES string of the molecule is CC(C)c1ccc(N2c3ccccc3B3c4sc5cc6c(cc5c4N(c4ccccc4)c4cccc2c43)-c2ccccc2C62c3ccccc3-c3ccccc32)cc1. The summed E-state index contributed by atoms with van der Waals surface area (Å²) in [4.78, 5) is 5.07. The van der Waals surface area contributed by atoms with Gasteiger partial charge >= 0.3 is 0 Å². The van der Waals surface area contributed by atoms with Gasteiger partial charge in [0.15, 0.2) is 0 Å². The second-order valence-electron chi connectivity index (χ2n) is 16.5. The zero-order valence-electron chi connectivity index (χ0n) is 32.3. The molecule has 0 saturated carbocycles. The Bertz CT molecular complexity index is 3130. The summed E-state index contributed by atoms with van der Waals surface area (Å²) in [7, 11) is 0. The Morgan fingerprint density at radius 1 is 0.483 bits per heavy atom. The topological polar surface area (TPSA) is 6.48 Å².